The minimum absolute atomic E-state index is 0.0163. The highest BCUT2D eigenvalue weighted by Crippen LogP contribution is 2.27. The van der Waals surface area contributed by atoms with Gasteiger partial charge in [-0.3, -0.25) is 19.9 Å². The lowest BCUT2D eigenvalue weighted by atomic mass is 10.1. The summed E-state index contributed by atoms with van der Waals surface area (Å²) in [6.07, 6.45) is 4.29. The van der Waals surface area contributed by atoms with Gasteiger partial charge < -0.3 is 4.57 Å². The van der Waals surface area contributed by atoms with Crippen molar-refractivity contribution < 1.29 is 18.8 Å². The first kappa shape index (κ1) is 20.5. The Labute approximate surface area is 181 Å². The molecule has 156 valence electrons. The summed E-state index contributed by atoms with van der Waals surface area (Å²) in [5.74, 6) is -2.07. The molecule has 2 aromatic heterocycles. The Morgan fingerprint density at radius 1 is 1.10 bits per heavy atom. The van der Waals surface area contributed by atoms with Crippen LogP contribution < -0.4 is 10.2 Å². The molecule has 1 fully saturated rings. The van der Waals surface area contributed by atoms with Crippen molar-refractivity contribution in [1.29, 1.82) is 0 Å². The standard InChI is InChI=1S/C22H16ClFN4O3/c1-12-8-14(13(2)27(12)15-5-6-19(24)18(23)10-15)9-17-20(29)26-22(31)28(21(17)30)16-4-3-7-25-11-16/h3-11H,1-2H3,(H,26,29,31)/b17-9+. The molecule has 0 bridgehead atoms. The van der Waals surface area contributed by atoms with Crippen molar-refractivity contribution in [3.8, 4) is 5.69 Å². The second-order valence-corrected chi connectivity index (χ2v) is 7.34. The number of urea groups is 1. The minimum Gasteiger partial charge on any atom is -0.318 e. The Balaban J connectivity index is 1.77. The highest BCUT2D eigenvalue weighted by atomic mass is 35.5. The fourth-order valence-corrected chi connectivity index (χ4v) is 3.66. The normalized spacial score (nSPS) is 15.5. The number of pyridine rings is 1. The van der Waals surface area contributed by atoms with Crippen molar-refractivity contribution in [2.75, 3.05) is 4.90 Å². The number of carbonyl (C=O) groups is 3. The second kappa shape index (κ2) is 7.81. The van der Waals surface area contributed by atoms with Gasteiger partial charge in [-0.05, 0) is 61.9 Å². The van der Waals surface area contributed by atoms with E-state index in [9.17, 15) is 18.8 Å². The van der Waals surface area contributed by atoms with Crippen LogP contribution in [-0.4, -0.2) is 27.4 Å². The van der Waals surface area contributed by atoms with Crippen molar-refractivity contribution >= 4 is 41.2 Å². The number of rotatable bonds is 3. The number of imide groups is 2. The van der Waals surface area contributed by atoms with Crippen molar-refractivity contribution in [1.82, 2.24) is 14.9 Å². The lowest BCUT2D eigenvalue weighted by Gasteiger charge is -2.26. The molecule has 1 aliphatic heterocycles. The van der Waals surface area contributed by atoms with E-state index in [4.69, 9.17) is 11.6 Å². The summed E-state index contributed by atoms with van der Waals surface area (Å²) in [4.78, 5) is 42.4. The van der Waals surface area contributed by atoms with Gasteiger partial charge in [0.05, 0.1) is 16.9 Å². The summed E-state index contributed by atoms with van der Waals surface area (Å²) in [6.45, 7) is 3.63. The third-order valence-corrected chi connectivity index (χ3v) is 5.23. The number of aryl methyl sites for hydroxylation is 1. The highest BCUT2D eigenvalue weighted by Gasteiger charge is 2.37. The van der Waals surface area contributed by atoms with E-state index in [0.29, 0.717) is 16.9 Å². The van der Waals surface area contributed by atoms with E-state index in [1.807, 2.05) is 11.5 Å². The summed E-state index contributed by atoms with van der Waals surface area (Å²) in [7, 11) is 0. The van der Waals surface area contributed by atoms with E-state index in [1.54, 1.807) is 31.2 Å². The molecule has 4 amide bonds. The number of amides is 4. The highest BCUT2D eigenvalue weighted by molar-refractivity contribution is 6.39. The van der Waals surface area contributed by atoms with Crippen LogP contribution in [-0.2, 0) is 9.59 Å². The summed E-state index contributed by atoms with van der Waals surface area (Å²) in [6, 6.07) is 8.41. The van der Waals surface area contributed by atoms with Crippen molar-refractivity contribution in [2.45, 2.75) is 13.8 Å². The van der Waals surface area contributed by atoms with Gasteiger partial charge in [0.15, 0.2) is 0 Å². The monoisotopic (exact) mass is 438 g/mol. The predicted molar refractivity (Wildman–Crippen MR) is 113 cm³/mol. The molecule has 3 aromatic rings. The van der Waals surface area contributed by atoms with Gasteiger partial charge in [-0.15, -0.1) is 0 Å². The number of nitrogens with zero attached hydrogens (tertiary/aromatic N) is 3. The molecule has 0 saturated carbocycles. The van der Waals surface area contributed by atoms with Gasteiger partial charge >= 0.3 is 6.03 Å². The van der Waals surface area contributed by atoms with E-state index in [1.165, 1.54) is 30.6 Å². The number of hydrogen-bond acceptors (Lipinski definition) is 4. The molecule has 7 nitrogen and oxygen atoms in total. The lowest BCUT2D eigenvalue weighted by molar-refractivity contribution is -0.122. The zero-order valence-corrected chi connectivity index (χ0v) is 17.3. The van der Waals surface area contributed by atoms with E-state index in [0.717, 1.165) is 10.6 Å². The Hall–Kier alpha value is -3.78. The molecule has 0 atom stereocenters. The summed E-state index contributed by atoms with van der Waals surface area (Å²) >= 11 is 5.92. The smallest absolute Gasteiger partial charge is 0.318 e. The first-order valence-electron chi connectivity index (χ1n) is 9.24. The van der Waals surface area contributed by atoms with E-state index in [2.05, 4.69) is 10.3 Å². The molecule has 9 heteroatoms. The molecule has 0 unspecified atom stereocenters. The molecule has 4 rings (SSSR count). The predicted octanol–water partition coefficient (Wildman–Crippen LogP) is 3.95. The van der Waals surface area contributed by atoms with Crippen LogP contribution in [0.15, 0.2) is 54.4 Å². The molecule has 0 spiro atoms. The number of halogens is 2. The maximum atomic E-state index is 13.6. The van der Waals surface area contributed by atoms with Gasteiger partial charge in [0.25, 0.3) is 11.8 Å². The van der Waals surface area contributed by atoms with Gasteiger partial charge in [-0.1, -0.05) is 11.6 Å². The maximum Gasteiger partial charge on any atom is 0.336 e. The summed E-state index contributed by atoms with van der Waals surface area (Å²) < 4.78 is 15.4. The Morgan fingerprint density at radius 3 is 2.55 bits per heavy atom. The average molecular weight is 439 g/mol. The van der Waals surface area contributed by atoms with Crippen LogP contribution in [0.1, 0.15) is 17.0 Å². The van der Waals surface area contributed by atoms with E-state index >= 15 is 0 Å². The average Bonchev–Trinajstić information content (AvgIpc) is 3.01. The minimum atomic E-state index is -0.841. The van der Waals surface area contributed by atoms with Crippen LogP contribution >= 0.6 is 11.6 Å². The molecule has 0 radical (unpaired) electrons. The molecule has 1 aliphatic rings. The number of benzene rings is 1. The Bertz CT molecular complexity index is 1270. The lowest BCUT2D eigenvalue weighted by Crippen LogP contribution is -2.54. The SMILES string of the molecule is Cc1cc(/C=C2\C(=O)NC(=O)N(c3cccnc3)C2=O)c(C)n1-c1ccc(F)c(Cl)c1. The quantitative estimate of drug-likeness (QED) is 0.495. The first-order chi connectivity index (χ1) is 14.8. The van der Waals surface area contributed by atoms with Crippen LogP contribution in [0, 0.1) is 19.7 Å². The van der Waals surface area contributed by atoms with Crippen molar-refractivity contribution in [2.24, 2.45) is 0 Å². The van der Waals surface area contributed by atoms with Crippen LogP contribution in [0.25, 0.3) is 11.8 Å². The Morgan fingerprint density at radius 2 is 1.87 bits per heavy atom. The molecule has 31 heavy (non-hydrogen) atoms. The van der Waals surface area contributed by atoms with Gasteiger partial charge in [-0.2, -0.15) is 0 Å². The fourth-order valence-electron chi connectivity index (χ4n) is 3.49. The fraction of sp³-hybridized carbons (Fsp3) is 0.0909. The van der Waals surface area contributed by atoms with Gasteiger partial charge in [0, 0.05) is 23.3 Å². The summed E-state index contributed by atoms with van der Waals surface area (Å²) in [5.41, 5.74) is 2.78. The molecular weight excluding hydrogens is 423 g/mol. The molecule has 1 N–H and O–H groups in total. The number of carbonyl (C=O) groups excluding carboxylic acids is 3. The molecular formula is C22H16ClFN4O3. The third kappa shape index (κ3) is 3.62. The number of anilines is 1. The zero-order valence-electron chi connectivity index (χ0n) is 16.5. The van der Waals surface area contributed by atoms with Crippen LogP contribution in [0.5, 0.6) is 0 Å². The summed E-state index contributed by atoms with van der Waals surface area (Å²) in [5, 5.41) is 2.16. The van der Waals surface area contributed by atoms with Crippen LogP contribution in [0.2, 0.25) is 5.02 Å². The molecule has 1 aromatic carbocycles. The van der Waals surface area contributed by atoms with E-state index < -0.39 is 23.7 Å². The molecule has 1 saturated heterocycles. The van der Waals surface area contributed by atoms with Gasteiger partial charge in [0.1, 0.15) is 11.4 Å². The zero-order chi connectivity index (χ0) is 22.3. The number of hydrogen-bond donors (Lipinski definition) is 1. The second-order valence-electron chi connectivity index (χ2n) is 6.93. The Kier molecular flexibility index (Phi) is 5.16. The number of barbiturate groups is 1. The van der Waals surface area contributed by atoms with Crippen LogP contribution in [0.3, 0.4) is 0 Å². The number of nitrogens with one attached hydrogen (secondary N) is 1. The van der Waals surface area contributed by atoms with Gasteiger partial charge in [0.2, 0.25) is 0 Å². The third-order valence-electron chi connectivity index (χ3n) is 4.94. The van der Waals surface area contributed by atoms with Gasteiger partial charge in [-0.25, -0.2) is 14.1 Å². The largest absolute Gasteiger partial charge is 0.336 e. The van der Waals surface area contributed by atoms with E-state index in [-0.39, 0.29) is 16.3 Å². The van der Waals surface area contributed by atoms with Crippen molar-refractivity contribution in [3.05, 3.63) is 82.2 Å². The topological polar surface area (TPSA) is 84.3 Å². The first-order valence-corrected chi connectivity index (χ1v) is 9.61. The maximum absolute atomic E-state index is 13.6. The van der Waals surface area contributed by atoms with Crippen LogP contribution in [0.4, 0.5) is 14.9 Å². The molecule has 0 aliphatic carbocycles. The van der Waals surface area contributed by atoms with Crippen molar-refractivity contribution in [3.63, 3.8) is 0 Å². The molecule has 3 heterocycles. The number of aromatic nitrogens is 2.